The maximum atomic E-state index is 15.1. The molecule has 6 rings (SSSR count). The van der Waals surface area contributed by atoms with Crippen molar-refractivity contribution < 1.29 is 17.5 Å². The van der Waals surface area contributed by atoms with Gasteiger partial charge in [-0.05, 0) is 68.3 Å². The van der Waals surface area contributed by atoms with Crippen LogP contribution < -0.4 is 20.1 Å². The number of pyridine rings is 1. The highest BCUT2D eigenvalue weighted by atomic mass is 32.2. The number of aryl methyl sites for hydroxylation is 2. The first-order valence-electron chi connectivity index (χ1n) is 13.9. The molecular weight excluding hydrogens is 571 g/mol. The highest BCUT2D eigenvalue weighted by molar-refractivity contribution is 7.91. The van der Waals surface area contributed by atoms with Gasteiger partial charge < -0.3 is 15.4 Å². The molecule has 1 saturated heterocycles. The van der Waals surface area contributed by atoms with Crippen molar-refractivity contribution in [1.82, 2.24) is 30.0 Å². The molecule has 13 heteroatoms. The van der Waals surface area contributed by atoms with E-state index in [1.54, 1.807) is 62.0 Å². The normalized spacial score (nSPS) is 15.4. The number of rotatable bonds is 9. The molecule has 3 aromatic heterocycles. The monoisotopic (exact) mass is 602 g/mol. The Hall–Kier alpha value is -4.62. The summed E-state index contributed by atoms with van der Waals surface area (Å²) in [7, 11) is -2.28. The van der Waals surface area contributed by atoms with Crippen LogP contribution in [0.25, 0.3) is 22.0 Å². The third-order valence-corrected chi connectivity index (χ3v) is 8.38. The van der Waals surface area contributed by atoms with E-state index >= 15 is 4.39 Å². The second-order valence-corrected chi connectivity index (χ2v) is 12.2. The molecular formula is C30H31FN8O3S. The van der Waals surface area contributed by atoms with Crippen molar-refractivity contribution in [1.29, 1.82) is 0 Å². The van der Waals surface area contributed by atoms with Gasteiger partial charge in [-0.1, -0.05) is 12.1 Å². The maximum absolute atomic E-state index is 15.1. The van der Waals surface area contributed by atoms with E-state index in [1.807, 2.05) is 13.0 Å². The van der Waals surface area contributed by atoms with Crippen LogP contribution in [0.5, 0.6) is 11.6 Å². The van der Waals surface area contributed by atoms with E-state index in [0.29, 0.717) is 45.3 Å². The van der Waals surface area contributed by atoms with E-state index < -0.39 is 21.6 Å². The lowest BCUT2D eigenvalue weighted by Gasteiger charge is -2.23. The quantitative estimate of drug-likeness (QED) is 0.218. The van der Waals surface area contributed by atoms with Crippen molar-refractivity contribution in [3.05, 3.63) is 84.2 Å². The predicted octanol–water partition coefficient (Wildman–Crippen LogP) is 4.77. The molecule has 5 aromatic rings. The third-order valence-electron chi connectivity index (χ3n) is 7.19. The van der Waals surface area contributed by atoms with Crippen LogP contribution in [0.4, 0.5) is 16.0 Å². The molecule has 0 unspecified atom stereocenters. The Balaban J connectivity index is 1.33. The van der Waals surface area contributed by atoms with Crippen LogP contribution in [-0.2, 0) is 22.8 Å². The van der Waals surface area contributed by atoms with E-state index in [1.165, 1.54) is 10.7 Å². The van der Waals surface area contributed by atoms with E-state index in [0.717, 1.165) is 31.5 Å². The summed E-state index contributed by atoms with van der Waals surface area (Å²) in [5, 5.41) is 11.8. The summed E-state index contributed by atoms with van der Waals surface area (Å²) in [5.74, 6) is 0.121. The number of halogens is 1. The van der Waals surface area contributed by atoms with Crippen molar-refractivity contribution >= 4 is 32.4 Å². The van der Waals surface area contributed by atoms with Crippen molar-refractivity contribution in [2.45, 2.75) is 31.6 Å². The third kappa shape index (κ3) is 6.42. The number of nitrogens with one attached hydrogen (secondary N) is 3. The van der Waals surface area contributed by atoms with E-state index in [2.05, 4.69) is 30.4 Å². The largest absolute Gasteiger partial charge is 0.437 e. The molecule has 0 spiro atoms. The Morgan fingerprint density at radius 3 is 2.74 bits per heavy atom. The molecule has 0 aliphatic carbocycles. The van der Waals surface area contributed by atoms with Gasteiger partial charge >= 0.3 is 0 Å². The predicted molar refractivity (Wildman–Crippen MR) is 163 cm³/mol. The summed E-state index contributed by atoms with van der Waals surface area (Å²) in [6, 6.07) is 13.5. The zero-order valence-corrected chi connectivity index (χ0v) is 24.5. The van der Waals surface area contributed by atoms with Gasteiger partial charge in [-0.25, -0.2) is 27.8 Å². The Kier molecular flexibility index (Phi) is 7.91. The number of nitrogens with zero attached hydrogens (tertiary/aromatic N) is 5. The number of benzene rings is 2. The van der Waals surface area contributed by atoms with E-state index in [9.17, 15) is 8.42 Å². The molecule has 1 aliphatic heterocycles. The molecule has 11 nitrogen and oxygen atoms in total. The van der Waals surface area contributed by atoms with Crippen molar-refractivity contribution in [2.75, 3.05) is 23.1 Å². The van der Waals surface area contributed by atoms with Gasteiger partial charge in [-0.15, -0.1) is 0 Å². The van der Waals surface area contributed by atoms with Gasteiger partial charge in [-0.3, -0.25) is 9.40 Å². The van der Waals surface area contributed by atoms with Gasteiger partial charge in [-0.2, -0.15) is 5.10 Å². The first-order chi connectivity index (χ1) is 20.8. The van der Waals surface area contributed by atoms with Crippen LogP contribution in [0.2, 0.25) is 0 Å². The van der Waals surface area contributed by atoms with Crippen LogP contribution in [0.3, 0.4) is 0 Å². The van der Waals surface area contributed by atoms with E-state index in [4.69, 9.17) is 9.72 Å². The smallest absolute Gasteiger partial charge is 0.238 e. The van der Waals surface area contributed by atoms with Gasteiger partial charge in [0.2, 0.25) is 21.9 Å². The number of sulfonamides is 1. The summed E-state index contributed by atoms with van der Waals surface area (Å²) in [6.07, 6.45) is 7.07. The van der Waals surface area contributed by atoms with Gasteiger partial charge in [0.15, 0.2) is 0 Å². The van der Waals surface area contributed by atoms with Gasteiger partial charge in [0.1, 0.15) is 17.3 Å². The van der Waals surface area contributed by atoms with Crippen molar-refractivity contribution in [2.24, 2.45) is 7.05 Å². The number of fused-ring (bicyclic) bond motifs is 1. The molecule has 0 bridgehead atoms. The van der Waals surface area contributed by atoms with Gasteiger partial charge in [0, 0.05) is 49.0 Å². The minimum Gasteiger partial charge on any atom is -0.437 e. The molecule has 2 aromatic carbocycles. The molecule has 0 amide bonds. The molecule has 43 heavy (non-hydrogen) atoms. The molecule has 3 N–H and O–H groups in total. The number of aromatic nitrogens is 5. The number of piperidine rings is 1. The first kappa shape index (κ1) is 28.5. The van der Waals surface area contributed by atoms with Gasteiger partial charge in [0.25, 0.3) is 0 Å². The Bertz CT molecular complexity index is 1890. The van der Waals surface area contributed by atoms with Crippen LogP contribution >= 0.6 is 0 Å². The molecule has 222 valence electrons. The fraction of sp³-hybridized carbons (Fsp3) is 0.267. The summed E-state index contributed by atoms with van der Waals surface area (Å²) in [5.41, 5.74) is 2.20. The minimum atomic E-state index is -3.97. The van der Waals surface area contributed by atoms with Crippen molar-refractivity contribution in [3.8, 4) is 22.9 Å². The summed E-state index contributed by atoms with van der Waals surface area (Å²) in [6.45, 7) is 3.71. The molecule has 0 radical (unpaired) electrons. The van der Waals surface area contributed by atoms with Gasteiger partial charge in [0.05, 0.1) is 22.6 Å². The number of hydrogen-bond donors (Lipinski definition) is 3. The average molecular weight is 603 g/mol. The number of anilines is 2. The Labute approximate surface area is 248 Å². The fourth-order valence-electron chi connectivity index (χ4n) is 5.13. The standard InChI is InChI=1S/C30H31FN8O3S/c1-19-7-8-22-23(9-10-25(31)27(22)38-43(40,41)18-21-12-16-39(2)37-21)28(19)42-29-24(6-4-14-33-29)26-11-15-34-30(36-26)35-20-5-3-13-32-17-20/h4,6-12,14-16,20,32,38H,3,5,13,17-18H2,1-2H3,(H,34,35,36)/t20-/m0/s1. The molecule has 0 saturated carbocycles. The maximum Gasteiger partial charge on any atom is 0.238 e. The summed E-state index contributed by atoms with van der Waals surface area (Å²) < 4.78 is 51.4. The zero-order valence-electron chi connectivity index (χ0n) is 23.7. The molecule has 1 fully saturated rings. The average Bonchev–Trinajstić information content (AvgIpc) is 3.40. The van der Waals surface area contributed by atoms with Crippen LogP contribution in [0, 0.1) is 12.7 Å². The highest BCUT2D eigenvalue weighted by Gasteiger charge is 2.21. The SMILES string of the molecule is Cc1ccc2c(NS(=O)(=O)Cc3ccn(C)n3)c(F)ccc2c1Oc1ncccc1-c1ccnc(N[C@H]2CCCNC2)n1. The molecule has 4 heterocycles. The fourth-order valence-corrected chi connectivity index (χ4v) is 6.26. The Morgan fingerprint density at radius 2 is 1.95 bits per heavy atom. The number of hydrogen-bond acceptors (Lipinski definition) is 9. The summed E-state index contributed by atoms with van der Waals surface area (Å²) >= 11 is 0. The minimum absolute atomic E-state index is 0.164. The Morgan fingerprint density at radius 1 is 1.09 bits per heavy atom. The van der Waals surface area contributed by atoms with Crippen molar-refractivity contribution in [3.63, 3.8) is 0 Å². The van der Waals surface area contributed by atoms with Crippen LogP contribution in [0.1, 0.15) is 24.1 Å². The second kappa shape index (κ2) is 11.9. The lowest BCUT2D eigenvalue weighted by Crippen LogP contribution is -2.38. The van der Waals surface area contributed by atoms with E-state index in [-0.39, 0.29) is 11.7 Å². The summed E-state index contributed by atoms with van der Waals surface area (Å²) in [4.78, 5) is 13.6. The topological polar surface area (TPSA) is 136 Å². The zero-order chi connectivity index (χ0) is 30.0. The number of ether oxygens (including phenoxy) is 1. The second-order valence-electron chi connectivity index (χ2n) is 10.5. The van der Waals surface area contributed by atoms with Crippen LogP contribution in [0.15, 0.2) is 67.1 Å². The first-order valence-corrected chi connectivity index (χ1v) is 15.6. The highest BCUT2D eigenvalue weighted by Crippen LogP contribution is 2.39. The lowest BCUT2D eigenvalue weighted by molar-refractivity contribution is 0.466. The van der Waals surface area contributed by atoms with Crippen LogP contribution in [-0.4, -0.2) is 52.3 Å². The lowest BCUT2D eigenvalue weighted by atomic mass is 10.0. The molecule has 1 aliphatic rings. The molecule has 1 atom stereocenters.